The number of carbonyl (C=O) groups is 1. The Labute approximate surface area is 183 Å². The topological polar surface area (TPSA) is 26.3 Å². The monoisotopic (exact) mass is 464 g/mol. The van der Waals surface area contributed by atoms with E-state index in [9.17, 15) is 4.79 Å². The normalized spacial score (nSPS) is 12.9. The molecule has 0 saturated carbocycles. The second-order valence-corrected chi connectivity index (χ2v) is 20.1. The maximum absolute atomic E-state index is 9.84. The maximum atomic E-state index is 9.84. The average molecular weight is 465 g/mol. The number of methoxy groups -OCH3 is 1. The van der Waals surface area contributed by atoms with E-state index < -0.39 is 5.97 Å². The molecule has 0 N–H and O–H groups in total. The van der Waals surface area contributed by atoms with Crippen LogP contribution in [0.1, 0.15) is 83.1 Å². The zero-order chi connectivity index (χ0) is 21.6. The number of hydrogen-bond acceptors (Lipinski definition) is 2. The van der Waals surface area contributed by atoms with Crippen molar-refractivity contribution in [3.05, 3.63) is 12.7 Å². The van der Waals surface area contributed by atoms with Crippen LogP contribution in [0.2, 0.25) is 0 Å². The molecule has 0 unspecified atom stereocenters. The van der Waals surface area contributed by atoms with E-state index in [2.05, 4.69) is 94.4 Å². The molecule has 0 aromatic heterocycles. The van der Waals surface area contributed by atoms with Gasteiger partial charge >= 0.3 is 5.97 Å². The van der Waals surface area contributed by atoms with Crippen molar-refractivity contribution in [3.8, 4) is 0 Å². The molecule has 0 spiro atoms. The molecule has 0 fully saturated rings. The second-order valence-electron chi connectivity index (χ2n) is 11.2. The van der Waals surface area contributed by atoms with Crippen LogP contribution < -0.4 is 0 Å². The van der Waals surface area contributed by atoms with Crippen LogP contribution in [0.3, 0.4) is 0 Å². The van der Waals surface area contributed by atoms with Crippen molar-refractivity contribution in [2.75, 3.05) is 19.4 Å². The summed E-state index contributed by atoms with van der Waals surface area (Å²) < 4.78 is 4.14. The van der Waals surface area contributed by atoms with Gasteiger partial charge < -0.3 is 4.74 Å². The molecule has 0 radical (unpaired) electrons. The molecule has 0 bridgehead atoms. The van der Waals surface area contributed by atoms with Gasteiger partial charge in [0.15, 0.2) is 0 Å². The minimum Gasteiger partial charge on any atom is -0.466 e. The SMILES string of the molecule is C=CC(=O)OC.CC(C)(C)[PH+](CC[PH+](C(C)(C)C)C(C)(C)C)C(C)(C)C.[Ni]. The minimum atomic E-state index is -0.394. The first-order valence-electron chi connectivity index (χ1n) is 9.72. The van der Waals surface area contributed by atoms with Crippen molar-refractivity contribution < 1.29 is 26.0 Å². The molecule has 0 atom stereocenters. The van der Waals surface area contributed by atoms with E-state index in [-0.39, 0.29) is 32.3 Å². The quantitative estimate of drug-likeness (QED) is 0.194. The molecule has 2 nitrogen and oxygen atoms in total. The third-order valence-corrected chi connectivity index (χ3v) is 13.9. The van der Waals surface area contributed by atoms with Crippen LogP contribution >= 0.6 is 15.8 Å². The number of carbonyl (C=O) groups excluding carboxylic acids is 1. The summed E-state index contributed by atoms with van der Waals surface area (Å²) in [6, 6.07) is 0. The summed E-state index contributed by atoms with van der Waals surface area (Å²) in [7, 11) is 0.581. The van der Waals surface area contributed by atoms with Crippen LogP contribution in [-0.4, -0.2) is 46.0 Å². The van der Waals surface area contributed by atoms with E-state index in [1.165, 1.54) is 19.4 Å². The summed E-state index contributed by atoms with van der Waals surface area (Å²) in [5.74, 6) is -0.394. The Morgan fingerprint density at radius 2 is 0.963 bits per heavy atom. The maximum Gasteiger partial charge on any atom is 0.329 e. The van der Waals surface area contributed by atoms with Crippen molar-refractivity contribution in [2.45, 2.75) is 104 Å². The molecule has 166 valence electrons. The van der Waals surface area contributed by atoms with E-state index in [0.29, 0.717) is 20.6 Å². The number of ether oxygens (including phenoxy) is 1. The van der Waals surface area contributed by atoms with Gasteiger partial charge in [0, 0.05) is 38.4 Å². The second kappa shape index (κ2) is 12.3. The van der Waals surface area contributed by atoms with Crippen molar-refractivity contribution >= 4 is 21.8 Å². The standard InChI is InChI=1S/C18H40P2.C4H6O2.Ni/c1-15(2,3)19(16(4,5)6)13-14-20(17(7,8)9)18(10,11)12;1-3-4(5)6-2;/h13-14H2,1-12H3;3H,1H2,2H3;/p+2. The summed E-state index contributed by atoms with van der Waals surface area (Å²) in [5.41, 5.74) is 0. The van der Waals surface area contributed by atoms with E-state index in [4.69, 9.17) is 0 Å². The van der Waals surface area contributed by atoms with Gasteiger partial charge in [-0.05, 0) is 83.1 Å². The third-order valence-electron chi connectivity index (χ3n) is 4.61. The predicted molar refractivity (Wildman–Crippen MR) is 128 cm³/mol. The van der Waals surface area contributed by atoms with Crippen LogP contribution in [-0.2, 0) is 26.0 Å². The molecule has 0 aliphatic rings. The summed E-state index contributed by atoms with van der Waals surface area (Å²) in [5, 5.41) is 2.02. The van der Waals surface area contributed by atoms with Crippen LogP contribution in [0.4, 0.5) is 0 Å². The molecular weight excluding hydrogens is 417 g/mol. The minimum absolute atomic E-state index is 0. The zero-order valence-electron chi connectivity index (χ0n) is 20.3. The van der Waals surface area contributed by atoms with Crippen molar-refractivity contribution in [1.82, 2.24) is 0 Å². The number of hydrogen-bond donors (Lipinski definition) is 0. The van der Waals surface area contributed by atoms with Gasteiger partial charge in [-0.1, -0.05) is 6.58 Å². The predicted octanol–water partition coefficient (Wildman–Crippen LogP) is 6.95. The van der Waals surface area contributed by atoms with Gasteiger partial charge in [-0.3, -0.25) is 0 Å². The zero-order valence-corrected chi connectivity index (χ0v) is 23.3. The van der Waals surface area contributed by atoms with Gasteiger partial charge in [-0.15, -0.1) is 0 Å². The number of rotatable bonds is 4. The van der Waals surface area contributed by atoms with Crippen molar-refractivity contribution in [1.29, 1.82) is 0 Å². The Morgan fingerprint density at radius 3 is 1.04 bits per heavy atom. The summed E-state index contributed by atoms with van der Waals surface area (Å²) in [6.07, 6.45) is 4.08. The van der Waals surface area contributed by atoms with Crippen LogP contribution in [0.5, 0.6) is 0 Å². The largest absolute Gasteiger partial charge is 0.466 e. The van der Waals surface area contributed by atoms with Crippen LogP contribution in [0.25, 0.3) is 0 Å². The first kappa shape index (κ1) is 32.2. The molecule has 0 heterocycles. The van der Waals surface area contributed by atoms with Gasteiger partial charge in [0.05, 0.1) is 40.1 Å². The molecule has 27 heavy (non-hydrogen) atoms. The first-order valence-corrected chi connectivity index (χ1v) is 13.1. The van der Waals surface area contributed by atoms with E-state index >= 15 is 0 Å². The number of esters is 1. The van der Waals surface area contributed by atoms with Gasteiger partial charge in [-0.25, -0.2) is 4.79 Å². The molecule has 0 rings (SSSR count). The molecule has 0 aliphatic carbocycles. The molecular formula is C22H48NiO2P2+2. The summed E-state index contributed by atoms with van der Waals surface area (Å²) in [6.45, 7) is 32.7. The molecule has 0 aromatic rings. The fourth-order valence-electron chi connectivity index (χ4n) is 4.08. The molecule has 0 saturated heterocycles. The molecule has 0 amide bonds. The van der Waals surface area contributed by atoms with Gasteiger partial charge in [-0.2, -0.15) is 0 Å². The van der Waals surface area contributed by atoms with E-state index in [0.717, 1.165) is 6.08 Å². The third kappa shape index (κ3) is 14.2. The Balaban J connectivity index is -0.000000709. The Morgan fingerprint density at radius 1 is 0.741 bits per heavy atom. The van der Waals surface area contributed by atoms with Crippen molar-refractivity contribution in [3.63, 3.8) is 0 Å². The molecule has 0 aliphatic heterocycles. The summed E-state index contributed by atoms with van der Waals surface area (Å²) >= 11 is 0. The van der Waals surface area contributed by atoms with E-state index in [1.54, 1.807) is 0 Å². The van der Waals surface area contributed by atoms with Gasteiger partial charge in [0.2, 0.25) is 0 Å². The smallest absolute Gasteiger partial charge is 0.329 e. The Bertz CT molecular complexity index is 375. The summed E-state index contributed by atoms with van der Waals surface area (Å²) in [4.78, 5) is 9.84. The molecule has 5 heteroatoms. The van der Waals surface area contributed by atoms with E-state index in [1.807, 2.05) is 0 Å². The molecule has 0 aromatic carbocycles. The fourth-order valence-corrected chi connectivity index (χ4v) is 13.6. The van der Waals surface area contributed by atoms with Crippen LogP contribution in [0, 0.1) is 0 Å². The van der Waals surface area contributed by atoms with Crippen molar-refractivity contribution in [2.24, 2.45) is 0 Å². The van der Waals surface area contributed by atoms with Gasteiger partial charge in [0.25, 0.3) is 0 Å². The fraction of sp³-hybridized carbons (Fsp3) is 0.864. The Kier molecular flexibility index (Phi) is 14.7. The van der Waals surface area contributed by atoms with Gasteiger partial charge in [0.1, 0.15) is 0 Å². The van der Waals surface area contributed by atoms with Crippen LogP contribution in [0.15, 0.2) is 12.7 Å². The average Bonchev–Trinajstić information content (AvgIpc) is 2.37. The Hall–Kier alpha value is 0.564. The first-order chi connectivity index (χ1) is 11.3.